The van der Waals surface area contributed by atoms with Crippen LogP contribution < -0.4 is 0 Å². The molecule has 1 aliphatic heterocycles. The van der Waals surface area contributed by atoms with Crippen LogP contribution in [0.1, 0.15) is 23.5 Å². The van der Waals surface area contributed by atoms with Crippen LogP contribution >= 0.6 is 0 Å². The van der Waals surface area contributed by atoms with Crippen molar-refractivity contribution in [1.29, 1.82) is 0 Å². The third-order valence-corrected chi connectivity index (χ3v) is 2.49. The van der Waals surface area contributed by atoms with Crippen molar-refractivity contribution in [2.24, 2.45) is 0 Å². The minimum atomic E-state index is -0.768. The van der Waals surface area contributed by atoms with Gasteiger partial charge in [-0.1, -0.05) is 24.3 Å². The summed E-state index contributed by atoms with van der Waals surface area (Å²) < 4.78 is 5.35. The Hall–Kier alpha value is -1.35. The predicted molar refractivity (Wildman–Crippen MR) is 51.1 cm³/mol. The first kappa shape index (κ1) is 9.21. The van der Waals surface area contributed by atoms with E-state index in [1.54, 1.807) is 0 Å². The lowest BCUT2D eigenvalue weighted by Crippen LogP contribution is -2.19. The minimum Gasteiger partial charge on any atom is -0.481 e. The molecule has 14 heavy (non-hydrogen) atoms. The number of ether oxygens (including phenoxy) is 1. The van der Waals surface area contributed by atoms with E-state index < -0.39 is 5.97 Å². The smallest absolute Gasteiger partial charge is 0.304 e. The Kier molecular flexibility index (Phi) is 2.50. The normalized spacial score (nSPS) is 20.1. The molecule has 2 rings (SSSR count). The zero-order valence-electron chi connectivity index (χ0n) is 7.77. The van der Waals surface area contributed by atoms with Gasteiger partial charge < -0.3 is 9.84 Å². The fraction of sp³-hybridized carbons (Fsp3) is 0.364. The Morgan fingerprint density at radius 3 is 3.07 bits per heavy atom. The van der Waals surface area contributed by atoms with Crippen molar-refractivity contribution >= 4 is 5.97 Å². The molecule has 0 amide bonds. The van der Waals surface area contributed by atoms with Gasteiger partial charge in [-0.2, -0.15) is 0 Å². The number of carboxylic acids is 1. The molecule has 1 aromatic rings. The quantitative estimate of drug-likeness (QED) is 0.776. The van der Waals surface area contributed by atoms with E-state index in [9.17, 15) is 4.79 Å². The summed E-state index contributed by atoms with van der Waals surface area (Å²) in [7, 11) is 0. The van der Waals surface area contributed by atoms with Crippen molar-refractivity contribution in [3.8, 4) is 0 Å². The molecule has 0 saturated heterocycles. The van der Waals surface area contributed by atoms with E-state index in [-0.39, 0.29) is 12.3 Å². The summed E-state index contributed by atoms with van der Waals surface area (Å²) >= 11 is 0. The van der Waals surface area contributed by atoms with Crippen LogP contribution in [-0.2, 0) is 16.1 Å². The maximum Gasteiger partial charge on any atom is 0.304 e. The third kappa shape index (κ3) is 1.77. The summed E-state index contributed by atoms with van der Waals surface area (Å²) in [5.74, 6) is -0.757. The molecular weight excluding hydrogens is 180 g/mol. The second kappa shape index (κ2) is 3.80. The molecule has 1 heterocycles. The molecule has 0 fully saturated rings. The van der Waals surface area contributed by atoms with Crippen LogP contribution in [0.5, 0.6) is 0 Å². The van der Waals surface area contributed by atoms with Gasteiger partial charge in [-0.15, -0.1) is 0 Å². The summed E-state index contributed by atoms with van der Waals surface area (Å²) in [6.45, 7) is 1.12. The molecule has 1 N–H and O–H groups in total. The first-order chi connectivity index (χ1) is 6.77. The van der Waals surface area contributed by atoms with Crippen molar-refractivity contribution in [1.82, 2.24) is 0 Å². The van der Waals surface area contributed by atoms with Gasteiger partial charge in [-0.05, 0) is 11.1 Å². The first-order valence-corrected chi connectivity index (χ1v) is 4.64. The van der Waals surface area contributed by atoms with Gasteiger partial charge in [0.25, 0.3) is 0 Å². The Morgan fingerprint density at radius 1 is 1.50 bits per heavy atom. The molecule has 1 atom stereocenters. The molecule has 1 aromatic carbocycles. The highest BCUT2D eigenvalue weighted by molar-refractivity contribution is 5.68. The molecule has 0 aromatic heterocycles. The molecular formula is C11H12O3. The van der Waals surface area contributed by atoms with Gasteiger partial charge in [-0.3, -0.25) is 4.79 Å². The number of carbonyl (C=O) groups is 1. The summed E-state index contributed by atoms with van der Waals surface area (Å²) in [5.41, 5.74) is 2.24. The monoisotopic (exact) mass is 192 g/mol. The molecule has 0 bridgehead atoms. The molecule has 0 spiro atoms. The second-order valence-electron chi connectivity index (χ2n) is 3.51. The zero-order valence-corrected chi connectivity index (χ0v) is 7.77. The first-order valence-electron chi connectivity index (χ1n) is 4.64. The van der Waals surface area contributed by atoms with Crippen LogP contribution in [0.15, 0.2) is 24.3 Å². The average molecular weight is 192 g/mol. The summed E-state index contributed by atoms with van der Waals surface area (Å²) in [6, 6.07) is 7.87. The van der Waals surface area contributed by atoms with Crippen LogP contribution in [0.25, 0.3) is 0 Å². The van der Waals surface area contributed by atoms with Crippen molar-refractivity contribution in [3.05, 3.63) is 35.4 Å². The summed E-state index contributed by atoms with van der Waals surface area (Å²) in [4.78, 5) is 10.6. The molecule has 1 unspecified atom stereocenters. The molecule has 3 heteroatoms. The lowest BCUT2D eigenvalue weighted by molar-refractivity contribution is -0.138. The van der Waals surface area contributed by atoms with Crippen molar-refractivity contribution in [2.75, 3.05) is 6.61 Å². The average Bonchev–Trinajstić information content (AvgIpc) is 2.18. The van der Waals surface area contributed by atoms with Gasteiger partial charge in [0.15, 0.2) is 0 Å². The number of hydrogen-bond donors (Lipinski definition) is 1. The molecule has 0 aliphatic carbocycles. The van der Waals surface area contributed by atoms with Crippen LogP contribution in [0.2, 0.25) is 0 Å². The Balaban J connectivity index is 2.26. The van der Waals surface area contributed by atoms with E-state index in [1.165, 1.54) is 0 Å². The molecule has 0 radical (unpaired) electrons. The van der Waals surface area contributed by atoms with Crippen LogP contribution in [0.4, 0.5) is 0 Å². The van der Waals surface area contributed by atoms with Gasteiger partial charge in [0.05, 0.1) is 19.6 Å². The molecule has 0 saturated carbocycles. The maximum atomic E-state index is 10.6. The van der Waals surface area contributed by atoms with Crippen molar-refractivity contribution in [2.45, 2.75) is 18.9 Å². The van der Waals surface area contributed by atoms with Gasteiger partial charge >= 0.3 is 5.97 Å². The van der Waals surface area contributed by atoms with E-state index in [2.05, 4.69) is 0 Å². The van der Waals surface area contributed by atoms with Crippen molar-refractivity contribution < 1.29 is 14.6 Å². The number of aliphatic carboxylic acids is 1. The van der Waals surface area contributed by atoms with Gasteiger partial charge in [0.1, 0.15) is 0 Å². The van der Waals surface area contributed by atoms with E-state index in [0.717, 1.165) is 11.1 Å². The van der Waals surface area contributed by atoms with Crippen LogP contribution in [0.3, 0.4) is 0 Å². The number of hydrogen-bond acceptors (Lipinski definition) is 2. The fourth-order valence-corrected chi connectivity index (χ4v) is 1.84. The van der Waals surface area contributed by atoms with E-state index in [4.69, 9.17) is 9.84 Å². The highest BCUT2D eigenvalue weighted by Crippen LogP contribution is 2.28. The Labute approximate surface area is 82.3 Å². The predicted octanol–water partition coefficient (Wildman–Crippen LogP) is 1.78. The van der Waals surface area contributed by atoms with E-state index in [0.29, 0.717) is 13.2 Å². The highest BCUT2D eigenvalue weighted by atomic mass is 16.5. The van der Waals surface area contributed by atoms with Gasteiger partial charge in [-0.25, -0.2) is 0 Å². The topological polar surface area (TPSA) is 46.5 Å². The fourth-order valence-electron chi connectivity index (χ4n) is 1.84. The van der Waals surface area contributed by atoms with Crippen LogP contribution in [0, 0.1) is 0 Å². The maximum absolute atomic E-state index is 10.6. The SMILES string of the molecule is O=C(O)CC1COCc2ccccc21. The summed E-state index contributed by atoms with van der Waals surface area (Å²) in [6.07, 6.45) is 0.150. The Bertz CT molecular complexity index is 346. The van der Waals surface area contributed by atoms with E-state index in [1.807, 2.05) is 24.3 Å². The summed E-state index contributed by atoms with van der Waals surface area (Å²) in [5, 5.41) is 8.74. The highest BCUT2D eigenvalue weighted by Gasteiger charge is 2.22. The number of rotatable bonds is 2. The second-order valence-corrected chi connectivity index (χ2v) is 3.51. The van der Waals surface area contributed by atoms with Gasteiger partial charge in [0, 0.05) is 5.92 Å². The molecule has 74 valence electrons. The number of benzene rings is 1. The third-order valence-electron chi connectivity index (χ3n) is 2.49. The minimum absolute atomic E-state index is 0.0115. The van der Waals surface area contributed by atoms with E-state index >= 15 is 0 Å². The van der Waals surface area contributed by atoms with Gasteiger partial charge in [0.2, 0.25) is 0 Å². The largest absolute Gasteiger partial charge is 0.481 e. The lowest BCUT2D eigenvalue weighted by atomic mass is 9.91. The van der Waals surface area contributed by atoms with Crippen LogP contribution in [-0.4, -0.2) is 17.7 Å². The lowest BCUT2D eigenvalue weighted by Gasteiger charge is -2.24. The molecule has 1 aliphatic rings. The number of fused-ring (bicyclic) bond motifs is 1. The zero-order chi connectivity index (χ0) is 9.97. The van der Waals surface area contributed by atoms with Crippen molar-refractivity contribution in [3.63, 3.8) is 0 Å². The Morgan fingerprint density at radius 2 is 2.29 bits per heavy atom. The molecule has 3 nitrogen and oxygen atoms in total. The number of carboxylic acid groups (broad SMARTS) is 1. The standard InChI is InChI=1S/C11H12O3/c12-11(13)5-9-7-14-6-8-3-1-2-4-10(8)9/h1-4,9H,5-7H2,(H,12,13).